The van der Waals surface area contributed by atoms with Crippen LogP contribution in [0.5, 0.6) is 0 Å². The third-order valence-corrected chi connectivity index (χ3v) is 2.79. The quantitative estimate of drug-likeness (QED) is 0.755. The number of nitrogens with zero attached hydrogens (tertiary/aromatic N) is 3. The lowest BCUT2D eigenvalue weighted by Gasteiger charge is -2.23. The van der Waals surface area contributed by atoms with E-state index in [9.17, 15) is 0 Å². The van der Waals surface area contributed by atoms with Crippen molar-refractivity contribution < 1.29 is 0 Å². The molecule has 1 rings (SSSR count). The fourth-order valence-electron chi connectivity index (χ4n) is 1.13. The molecule has 1 aromatic rings. The fraction of sp³-hybridized carbons (Fsp3) is 0.750. The summed E-state index contributed by atoms with van der Waals surface area (Å²) in [4.78, 5) is 2.12. The molecule has 0 saturated heterocycles. The molecule has 0 radical (unpaired) electrons. The van der Waals surface area contributed by atoms with E-state index >= 15 is 0 Å². The maximum atomic E-state index is 5.03. The molecule has 0 spiro atoms. The molecule has 0 aliphatic carbocycles. The minimum atomic E-state index is 0.476. The van der Waals surface area contributed by atoms with Crippen LogP contribution in [-0.2, 0) is 7.05 Å². The fourth-order valence-corrected chi connectivity index (χ4v) is 1.25. The number of anilines is 1. The molecule has 0 amide bonds. The number of aromatic amines is 1. The molecule has 0 aromatic carbocycles. The Morgan fingerprint density at radius 1 is 1.69 bits per heavy atom. The van der Waals surface area contributed by atoms with E-state index in [2.05, 4.69) is 28.9 Å². The molecular formula is C8H16N4S. The van der Waals surface area contributed by atoms with Gasteiger partial charge in [0.05, 0.1) is 0 Å². The molecule has 1 aromatic heterocycles. The molecule has 0 fully saturated rings. The molecule has 4 nitrogen and oxygen atoms in total. The van der Waals surface area contributed by atoms with Crippen LogP contribution in [0.2, 0.25) is 0 Å². The van der Waals surface area contributed by atoms with Crippen LogP contribution in [0.1, 0.15) is 20.3 Å². The summed E-state index contributed by atoms with van der Waals surface area (Å²) in [7, 11) is 3.94. The third-order valence-electron chi connectivity index (χ3n) is 2.42. The average Bonchev–Trinajstić information content (AvgIpc) is 2.45. The van der Waals surface area contributed by atoms with Crippen molar-refractivity contribution in [3.8, 4) is 0 Å². The highest BCUT2D eigenvalue weighted by Gasteiger charge is 2.12. The number of hydrogen-bond donors (Lipinski definition) is 1. The zero-order valence-corrected chi connectivity index (χ0v) is 9.35. The van der Waals surface area contributed by atoms with Crippen molar-refractivity contribution in [3.63, 3.8) is 0 Å². The number of rotatable bonds is 3. The molecule has 13 heavy (non-hydrogen) atoms. The van der Waals surface area contributed by atoms with Gasteiger partial charge in [-0.1, -0.05) is 6.92 Å². The van der Waals surface area contributed by atoms with Crippen molar-refractivity contribution >= 4 is 18.2 Å². The zero-order valence-electron chi connectivity index (χ0n) is 8.53. The first kappa shape index (κ1) is 10.2. The van der Waals surface area contributed by atoms with Gasteiger partial charge in [0, 0.05) is 20.1 Å². The summed E-state index contributed by atoms with van der Waals surface area (Å²) >= 11 is 5.03. The lowest BCUT2D eigenvalue weighted by atomic mass is 10.2. The van der Waals surface area contributed by atoms with Gasteiger partial charge in [-0.3, -0.25) is 4.57 Å². The smallest absolute Gasteiger partial charge is 0.225 e. The molecule has 1 atom stereocenters. The van der Waals surface area contributed by atoms with Crippen LogP contribution in [0.4, 0.5) is 5.95 Å². The monoisotopic (exact) mass is 200 g/mol. The van der Waals surface area contributed by atoms with Gasteiger partial charge < -0.3 is 4.90 Å². The highest BCUT2D eigenvalue weighted by atomic mass is 32.1. The Morgan fingerprint density at radius 3 is 2.69 bits per heavy atom. The van der Waals surface area contributed by atoms with Crippen LogP contribution >= 0.6 is 12.2 Å². The summed E-state index contributed by atoms with van der Waals surface area (Å²) in [5.74, 6) is 0.888. The van der Waals surface area contributed by atoms with E-state index in [-0.39, 0.29) is 0 Å². The Kier molecular flexibility index (Phi) is 3.08. The van der Waals surface area contributed by atoms with Crippen molar-refractivity contribution in [2.75, 3.05) is 11.9 Å². The first-order valence-electron chi connectivity index (χ1n) is 4.42. The van der Waals surface area contributed by atoms with Gasteiger partial charge in [-0.15, -0.1) is 5.10 Å². The molecule has 0 aliphatic heterocycles. The minimum absolute atomic E-state index is 0.476. The number of H-pyrrole nitrogens is 1. The average molecular weight is 200 g/mol. The van der Waals surface area contributed by atoms with Gasteiger partial charge in [0.1, 0.15) is 0 Å². The van der Waals surface area contributed by atoms with E-state index in [1.807, 2.05) is 18.7 Å². The van der Waals surface area contributed by atoms with Crippen molar-refractivity contribution in [1.82, 2.24) is 14.8 Å². The molecule has 1 heterocycles. The predicted molar refractivity (Wildman–Crippen MR) is 56.5 cm³/mol. The maximum absolute atomic E-state index is 5.03. The molecule has 1 N–H and O–H groups in total. The van der Waals surface area contributed by atoms with E-state index in [1.54, 1.807) is 0 Å². The van der Waals surface area contributed by atoms with Gasteiger partial charge in [0.2, 0.25) is 5.95 Å². The largest absolute Gasteiger partial charge is 0.341 e. The van der Waals surface area contributed by atoms with Crippen molar-refractivity contribution in [3.05, 3.63) is 4.77 Å². The zero-order chi connectivity index (χ0) is 10.0. The van der Waals surface area contributed by atoms with E-state index in [1.165, 1.54) is 0 Å². The standard InChI is InChI=1S/C8H16N4S/c1-5-6(2)11(3)7-9-10-8(13)12(7)4/h6H,5H2,1-4H3,(H,10,13). The number of nitrogens with one attached hydrogen (secondary N) is 1. The Balaban J connectivity index is 2.95. The Morgan fingerprint density at radius 2 is 2.31 bits per heavy atom. The van der Waals surface area contributed by atoms with E-state index in [0.717, 1.165) is 12.4 Å². The molecule has 0 bridgehead atoms. The van der Waals surface area contributed by atoms with E-state index in [4.69, 9.17) is 12.2 Å². The van der Waals surface area contributed by atoms with Crippen LogP contribution in [0, 0.1) is 4.77 Å². The van der Waals surface area contributed by atoms with E-state index < -0.39 is 0 Å². The van der Waals surface area contributed by atoms with Gasteiger partial charge in [-0.05, 0) is 25.6 Å². The molecule has 0 aliphatic rings. The summed E-state index contributed by atoms with van der Waals surface area (Å²) in [5.41, 5.74) is 0. The molecular weight excluding hydrogens is 184 g/mol. The normalized spacial score (nSPS) is 12.9. The third kappa shape index (κ3) is 1.91. The SMILES string of the molecule is CCC(C)N(C)c1n[nH]c(=S)n1C. The summed E-state index contributed by atoms with van der Waals surface area (Å²) in [6.45, 7) is 4.32. The summed E-state index contributed by atoms with van der Waals surface area (Å²) in [6.07, 6.45) is 1.09. The lowest BCUT2D eigenvalue weighted by Crippen LogP contribution is -2.30. The van der Waals surface area contributed by atoms with Crippen molar-refractivity contribution in [2.45, 2.75) is 26.3 Å². The van der Waals surface area contributed by atoms with Gasteiger partial charge in [0.25, 0.3) is 0 Å². The molecule has 74 valence electrons. The Labute approximate surface area is 83.6 Å². The van der Waals surface area contributed by atoms with Gasteiger partial charge in [-0.2, -0.15) is 0 Å². The maximum Gasteiger partial charge on any atom is 0.225 e. The van der Waals surface area contributed by atoms with Crippen molar-refractivity contribution in [2.24, 2.45) is 7.05 Å². The van der Waals surface area contributed by atoms with Gasteiger partial charge >= 0.3 is 0 Å². The minimum Gasteiger partial charge on any atom is -0.341 e. The first-order chi connectivity index (χ1) is 6.07. The number of hydrogen-bond acceptors (Lipinski definition) is 3. The van der Waals surface area contributed by atoms with Gasteiger partial charge in [-0.25, -0.2) is 5.10 Å². The van der Waals surface area contributed by atoms with E-state index in [0.29, 0.717) is 10.8 Å². The first-order valence-corrected chi connectivity index (χ1v) is 4.83. The van der Waals surface area contributed by atoms with Crippen LogP contribution in [-0.4, -0.2) is 27.9 Å². The summed E-state index contributed by atoms with van der Waals surface area (Å²) < 4.78 is 2.53. The highest BCUT2D eigenvalue weighted by molar-refractivity contribution is 7.71. The van der Waals surface area contributed by atoms with Crippen LogP contribution in [0.15, 0.2) is 0 Å². The molecule has 5 heteroatoms. The summed E-state index contributed by atoms with van der Waals surface area (Å²) in [6, 6.07) is 0.476. The second kappa shape index (κ2) is 3.91. The predicted octanol–water partition coefficient (Wildman–Crippen LogP) is 1.71. The van der Waals surface area contributed by atoms with Crippen LogP contribution in [0.25, 0.3) is 0 Å². The van der Waals surface area contributed by atoms with Crippen LogP contribution in [0.3, 0.4) is 0 Å². The van der Waals surface area contributed by atoms with Crippen molar-refractivity contribution in [1.29, 1.82) is 0 Å². The van der Waals surface area contributed by atoms with Gasteiger partial charge in [0.15, 0.2) is 4.77 Å². The second-order valence-corrected chi connectivity index (χ2v) is 3.64. The topological polar surface area (TPSA) is 36.9 Å². The second-order valence-electron chi connectivity index (χ2n) is 3.26. The molecule has 1 unspecified atom stereocenters. The Bertz CT molecular complexity index is 327. The number of aromatic nitrogens is 3. The lowest BCUT2D eigenvalue weighted by molar-refractivity contribution is 0.636. The highest BCUT2D eigenvalue weighted by Crippen LogP contribution is 2.12. The summed E-state index contributed by atoms with van der Waals surface area (Å²) in [5, 5.41) is 6.93. The molecule has 0 saturated carbocycles. The Hall–Kier alpha value is -0.840. The van der Waals surface area contributed by atoms with Crippen LogP contribution < -0.4 is 4.90 Å².